The molecule has 0 saturated carbocycles. The molecule has 0 spiro atoms. The van der Waals surface area contributed by atoms with E-state index >= 15 is 0 Å². The summed E-state index contributed by atoms with van der Waals surface area (Å²) < 4.78 is 13.9. The molecule has 0 aromatic heterocycles. The number of rotatable bonds is 3. The van der Waals surface area contributed by atoms with Crippen molar-refractivity contribution in [3.8, 4) is 0 Å². The Labute approximate surface area is 143 Å². The molecule has 2 aromatic rings. The van der Waals surface area contributed by atoms with Crippen LogP contribution in [0.1, 0.15) is 29.6 Å². The van der Waals surface area contributed by atoms with Gasteiger partial charge in [0.2, 0.25) is 0 Å². The molecule has 0 atom stereocenters. The molecule has 0 unspecified atom stereocenters. The van der Waals surface area contributed by atoms with Crippen LogP contribution in [0.25, 0.3) is 0 Å². The number of nitrogens with one attached hydrogen (secondary N) is 1. The first-order chi connectivity index (χ1) is 11.1. The summed E-state index contributed by atoms with van der Waals surface area (Å²) in [4.78, 5) is 14.6. The second-order valence-corrected chi connectivity index (χ2v) is 6.53. The van der Waals surface area contributed by atoms with Crippen molar-refractivity contribution < 1.29 is 9.18 Å². The average Bonchev–Trinajstić information content (AvgIpc) is 2.58. The molecule has 1 heterocycles. The van der Waals surface area contributed by atoms with Gasteiger partial charge in [0.05, 0.1) is 5.56 Å². The van der Waals surface area contributed by atoms with Gasteiger partial charge in [-0.25, -0.2) is 4.39 Å². The van der Waals surface area contributed by atoms with Gasteiger partial charge in [0.1, 0.15) is 5.82 Å². The molecule has 120 valence electrons. The van der Waals surface area contributed by atoms with Crippen LogP contribution in [0, 0.1) is 5.82 Å². The minimum atomic E-state index is -0.432. The van der Waals surface area contributed by atoms with Crippen LogP contribution in [-0.2, 0) is 0 Å². The maximum atomic E-state index is 13.3. The molecule has 1 N–H and O–H groups in total. The molecular formula is C18H18BrFN2O. The molecule has 1 saturated heterocycles. The van der Waals surface area contributed by atoms with Gasteiger partial charge in [-0.1, -0.05) is 0 Å². The lowest BCUT2D eigenvalue weighted by molar-refractivity contribution is 0.102. The fraction of sp³-hybridized carbons (Fsp3) is 0.278. The number of benzene rings is 2. The van der Waals surface area contributed by atoms with Gasteiger partial charge in [-0.2, -0.15) is 0 Å². The van der Waals surface area contributed by atoms with Crippen LogP contribution in [-0.4, -0.2) is 19.0 Å². The number of anilines is 2. The average molecular weight is 377 g/mol. The van der Waals surface area contributed by atoms with E-state index in [0.717, 1.165) is 13.1 Å². The summed E-state index contributed by atoms with van der Waals surface area (Å²) in [7, 11) is 0. The van der Waals surface area contributed by atoms with Crippen LogP contribution < -0.4 is 10.2 Å². The maximum absolute atomic E-state index is 13.3. The van der Waals surface area contributed by atoms with E-state index in [-0.39, 0.29) is 11.5 Å². The van der Waals surface area contributed by atoms with Crippen molar-refractivity contribution in [1.29, 1.82) is 0 Å². The molecule has 3 nitrogen and oxygen atoms in total. The normalized spacial score (nSPS) is 14.6. The molecule has 0 aliphatic carbocycles. The minimum absolute atomic E-state index is 0.283. The SMILES string of the molecule is O=C(Nc1ccc(N2CCCCC2)cc1)c1cc(F)ccc1Br. The summed E-state index contributed by atoms with van der Waals surface area (Å²) in [5.41, 5.74) is 2.16. The van der Waals surface area contributed by atoms with Crippen molar-refractivity contribution in [3.05, 3.63) is 58.3 Å². The number of piperidine rings is 1. The third-order valence-corrected chi connectivity index (χ3v) is 4.71. The summed E-state index contributed by atoms with van der Waals surface area (Å²) in [6, 6.07) is 11.9. The van der Waals surface area contributed by atoms with Gasteiger partial charge in [0.25, 0.3) is 5.91 Å². The van der Waals surface area contributed by atoms with E-state index in [9.17, 15) is 9.18 Å². The number of carbonyl (C=O) groups excluding carboxylic acids is 1. The summed E-state index contributed by atoms with van der Waals surface area (Å²) in [5, 5.41) is 2.80. The summed E-state index contributed by atoms with van der Waals surface area (Å²) in [6.07, 6.45) is 3.76. The van der Waals surface area contributed by atoms with E-state index in [1.807, 2.05) is 24.3 Å². The van der Waals surface area contributed by atoms with Crippen molar-refractivity contribution in [2.24, 2.45) is 0 Å². The Morgan fingerprint density at radius 1 is 1.04 bits per heavy atom. The fourth-order valence-corrected chi connectivity index (χ4v) is 3.20. The monoisotopic (exact) mass is 376 g/mol. The Morgan fingerprint density at radius 2 is 1.74 bits per heavy atom. The van der Waals surface area contributed by atoms with Crippen LogP contribution in [0.4, 0.5) is 15.8 Å². The second-order valence-electron chi connectivity index (χ2n) is 5.67. The van der Waals surface area contributed by atoms with Gasteiger partial charge in [-0.3, -0.25) is 4.79 Å². The zero-order valence-electron chi connectivity index (χ0n) is 12.7. The third kappa shape index (κ3) is 3.91. The Kier molecular flexibility index (Phi) is 4.96. The fourth-order valence-electron chi connectivity index (χ4n) is 2.78. The first-order valence-corrected chi connectivity index (χ1v) is 8.54. The number of amides is 1. The lowest BCUT2D eigenvalue weighted by Crippen LogP contribution is -2.29. The summed E-state index contributed by atoms with van der Waals surface area (Å²) >= 11 is 3.27. The zero-order chi connectivity index (χ0) is 16.2. The van der Waals surface area contributed by atoms with Crippen molar-refractivity contribution in [2.45, 2.75) is 19.3 Å². The number of hydrogen-bond acceptors (Lipinski definition) is 2. The number of nitrogens with zero attached hydrogens (tertiary/aromatic N) is 1. The van der Waals surface area contributed by atoms with Crippen LogP contribution >= 0.6 is 15.9 Å². The Bertz CT molecular complexity index is 697. The van der Waals surface area contributed by atoms with E-state index < -0.39 is 5.82 Å². The summed E-state index contributed by atoms with van der Waals surface area (Å²) in [5.74, 6) is -0.763. The van der Waals surface area contributed by atoms with Gasteiger partial charge in [0, 0.05) is 28.9 Å². The van der Waals surface area contributed by atoms with E-state index in [0.29, 0.717) is 10.2 Å². The van der Waals surface area contributed by atoms with Crippen molar-refractivity contribution >= 4 is 33.2 Å². The van der Waals surface area contributed by atoms with Crippen molar-refractivity contribution in [1.82, 2.24) is 0 Å². The molecule has 1 amide bonds. The lowest BCUT2D eigenvalue weighted by Gasteiger charge is -2.28. The quantitative estimate of drug-likeness (QED) is 0.831. The van der Waals surface area contributed by atoms with Crippen molar-refractivity contribution in [2.75, 3.05) is 23.3 Å². The van der Waals surface area contributed by atoms with E-state index in [4.69, 9.17) is 0 Å². The number of halogens is 2. The highest BCUT2D eigenvalue weighted by Crippen LogP contribution is 2.23. The van der Waals surface area contributed by atoms with Gasteiger partial charge in [0.15, 0.2) is 0 Å². The third-order valence-electron chi connectivity index (χ3n) is 4.02. The lowest BCUT2D eigenvalue weighted by atomic mass is 10.1. The van der Waals surface area contributed by atoms with E-state index in [1.54, 1.807) is 0 Å². The largest absolute Gasteiger partial charge is 0.372 e. The van der Waals surface area contributed by atoms with E-state index in [1.165, 1.54) is 43.1 Å². The molecule has 3 rings (SSSR count). The van der Waals surface area contributed by atoms with Crippen molar-refractivity contribution in [3.63, 3.8) is 0 Å². The Balaban J connectivity index is 1.70. The topological polar surface area (TPSA) is 32.3 Å². The van der Waals surface area contributed by atoms with Gasteiger partial charge in [-0.05, 0) is 77.7 Å². The van der Waals surface area contributed by atoms with Crippen LogP contribution in [0.5, 0.6) is 0 Å². The number of carbonyl (C=O) groups is 1. The molecule has 1 aliphatic rings. The second kappa shape index (κ2) is 7.13. The Morgan fingerprint density at radius 3 is 2.43 bits per heavy atom. The van der Waals surface area contributed by atoms with Gasteiger partial charge < -0.3 is 10.2 Å². The standard InChI is InChI=1S/C18H18BrFN2O/c19-17-9-4-13(20)12-16(17)18(23)21-14-5-7-15(8-6-14)22-10-2-1-3-11-22/h4-9,12H,1-3,10-11H2,(H,21,23). The predicted octanol–water partition coefficient (Wildman–Crippen LogP) is 4.83. The smallest absolute Gasteiger partial charge is 0.256 e. The van der Waals surface area contributed by atoms with Crippen LogP contribution in [0.3, 0.4) is 0 Å². The van der Waals surface area contributed by atoms with Gasteiger partial charge in [-0.15, -0.1) is 0 Å². The molecule has 1 aliphatic heterocycles. The molecule has 2 aromatic carbocycles. The molecule has 5 heteroatoms. The first-order valence-electron chi connectivity index (χ1n) is 7.75. The zero-order valence-corrected chi connectivity index (χ0v) is 14.3. The number of hydrogen-bond donors (Lipinski definition) is 1. The minimum Gasteiger partial charge on any atom is -0.372 e. The highest BCUT2D eigenvalue weighted by molar-refractivity contribution is 9.10. The summed E-state index contributed by atoms with van der Waals surface area (Å²) in [6.45, 7) is 2.17. The van der Waals surface area contributed by atoms with Crippen LogP contribution in [0.15, 0.2) is 46.9 Å². The van der Waals surface area contributed by atoms with Gasteiger partial charge >= 0.3 is 0 Å². The molecule has 0 radical (unpaired) electrons. The maximum Gasteiger partial charge on any atom is 0.256 e. The molecule has 23 heavy (non-hydrogen) atoms. The molecule has 0 bridgehead atoms. The molecular weight excluding hydrogens is 359 g/mol. The highest BCUT2D eigenvalue weighted by Gasteiger charge is 2.13. The first kappa shape index (κ1) is 16.0. The molecule has 1 fully saturated rings. The predicted molar refractivity (Wildman–Crippen MR) is 94.6 cm³/mol. The van der Waals surface area contributed by atoms with E-state index in [2.05, 4.69) is 26.1 Å². The Hall–Kier alpha value is -1.88. The highest BCUT2D eigenvalue weighted by atomic mass is 79.9. The van der Waals surface area contributed by atoms with Crippen LogP contribution in [0.2, 0.25) is 0 Å².